The van der Waals surface area contributed by atoms with Gasteiger partial charge in [0, 0.05) is 18.1 Å². The molecule has 0 saturated heterocycles. The van der Waals surface area contributed by atoms with Crippen molar-refractivity contribution in [2.24, 2.45) is 0 Å². The van der Waals surface area contributed by atoms with Crippen molar-refractivity contribution in [3.8, 4) is 0 Å². The molecule has 16 heavy (non-hydrogen) atoms. The van der Waals surface area contributed by atoms with E-state index in [2.05, 4.69) is 0 Å². The molecule has 0 aliphatic rings. The van der Waals surface area contributed by atoms with E-state index in [9.17, 15) is 9.59 Å². The maximum absolute atomic E-state index is 11.5. The Morgan fingerprint density at radius 1 is 1.25 bits per heavy atom. The van der Waals surface area contributed by atoms with Gasteiger partial charge in [-0.05, 0) is 18.1 Å². The Hall–Kier alpha value is -1.90. The second-order valence-electron chi connectivity index (χ2n) is 3.47. The number of hydrogen-bond acceptors (Lipinski definition) is 2. The van der Waals surface area contributed by atoms with Gasteiger partial charge in [0.05, 0.1) is 0 Å². The van der Waals surface area contributed by atoms with Crippen molar-refractivity contribution in [2.45, 2.75) is 19.8 Å². The van der Waals surface area contributed by atoms with E-state index in [1.165, 1.54) is 6.08 Å². The third kappa shape index (κ3) is 3.69. The lowest BCUT2D eigenvalue weighted by molar-refractivity contribution is -0.131. The molecular formula is C13H14O3. The average Bonchev–Trinajstić information content (AvgIpc) is 2.27. The third-order valence-corrected chi connectivity index (χ3v) is 2.13. The summed E-state index contributed by atoms with van der Waals surface area (Å²) in [6.45, 7) is 1.96. The summed E-state index contributed by atoms with van der Waals surface area (Å²) in [5, 5.41) is 8.45. The number of Topliss-reactive ketones (excluding diaryl/α,β-unsaturated/α-hetero) is 1. The molecule has 1 N–H and O–H groups in total. The van der Waals surface area contributed by atoms with Gasteiger partial charge in [-0.3, -0.25) is 4.79 Å². The fraction of sp³-hybridized carbons (Fsp3) is 0.231. The Bertz CT molecular complexity index is 402. The van der Waals surface area contributed by atoms with Crippen LogP contribution in [-0.2, 0) is 4.79 Å². The Morgan fingerprint density at radius 3 is 2.38 bits per heavy atom. The van der Waals surface area contributed by atoms with Crippen LogP contribution in [0.1, 0.15) is 35.7 Å². The second kappa shape index (κ2) is 5.85. The number of carboxylic acids is 1. The lowest BCUT2D eigenvalue weighted by atomic mass is 10.0. The molecule has 0 aromatic heterocycles. The highest BCUT2D eigenvalue weighted by Crippen LogP contribution is 2.09. The van der Waals surface area contributed by atoms with Crippen molar-refractivity contribution in [3.63, 3.8) is 0 Å². The largest absolute Gasteiger partial charge is 0.478 e. The van der Waals surface area contributed by atoms with Gasteiger partial charge in [-0.25, -0.2) is 4.79 Å². The van der Waals surface area contributed by atoms with Crippen molar-refractivity contribution in [3.05, 3.63) is 41.5 Å². The van der Waals surface area contributed by atoms with Crippen molar-refractivity contribution in [2.75, 3.05) is 0 Å². The van der Waals surface area contributed by atoms with Crippen LogP contribution in [0.25, 0.3) is 6.08 Å². The quantitative estimate of drug-likeness (QED) is 0.610. The number of benzene rings is 1. The molecule has 3 heteroatoms. The number of carboxylic acid groups (broad SMARTS) is 1. The summed E-state index contributed by atoms with van der Waals surface area (Å²) in [5.41, 5.74) is 1.45. The first-order chi connectivity index (χ1) is 7.63. The van der Waals surface area contributed by atoms with E-state index in [0.717, 1.165) is 18.1 Å². The molecule has 1 rings (SSSR count). The molecule has 0 radical (unpaired) electrons. The molecule has 1 aromatic rings. The molecular weight excluding hydrogens is 204 g/mol. The lowest BCUT2D eigenvalue weighted by Gasteiger charge is -1.99. The zero-order chi connectivity index (χ0) is 12.0. The zero-order valence-corrected chi connectivity index (χ0v) is 9.14. The number of aliphatic carboxylic acids is 1. The molecule has 3 nitrogen and oxygen atoms in total. The van der Waals surface area contributed by atoms with Crippen LogP contribution in [0.3, 0.4) is 0 Å². The highest BCUT2D eigenvalue weighted by molar-refractivity contribution is 5.96. The fourth-order valence-corrected chi connectivity index (χ4v) is 1.32. The van der Waals surface area contributed by atoms with Gasteiger partial charge in [0.1, 0.15) is 0 Å². The summed E-state index contributed by atoms with van der Waals surface area (Å²) in [4.78, 5) is 21.8. The van der Waals surface area contributed by atoms with Gasteiger partial charge >= 0.3 is 5.97 Å². The maximum atomic E-state index is 11.5. The van der Waals surface area contributed by atoms with E-state index in [1.807, 2.05) is 6.92 Å². The first-order valence-electron chi connectivity index (χ1n) is 5.17. The summed E-state index contributed by atoms with van der Waals surface area (Å²) in [6.07, 6.45) is 3.95. The van der Waals surface area contributed by atoms with Crippen LogP contribution in [0.4, 0.5) is 0 Å². The van der Waals surface area contributed by atoms with E-state index < -0.39 is 5.97 Å². The topological polar surface area (TPSA) is 54.4 Å². The van der Waals surface area contributed by atoms with Crippen molar-refractivity contribution >= 4 is 17.8 Å². The predicted octanol–water partition coefficient (Wildman–Crippen LogP) is 2.77. The third-order valence-electron chi connectivity index (χ3n) is 2.13. The maximum Gasteiger partial charge on any atom is 0.328 e. The van der Waals surface area contributed by atoms with Gasteiger partial charge in [-0.1, -0.05) is 31.2 Å². The van der Waals surface area contributed by atoms with Crippen LogP contribution in [0.5, 0.6) is 0 Å². The number of carbonyl (C=O) groups is 2. The minimum absolute atomic E-state index is 0.122. The van der Waals surface area contributed by atoms with Crippen LogP contribution in [0.2, 0.25) is 0 Å². The molecule has 0 fully saturated rings. The van der Waals surface area contributed by atoms with Crippen LogP contribution >= 0.6 is 0 Å². The summed E-state index contributed by atoms with van der Waals surface area (Å²) in [7, 11) is 0. The van der Waals surface area contributed by atoms with E-state index in [1.54, 1.807) is 24.3 Å². The van der Waals surface area contributed by atoms with Gasteiger partial charge in [-0.15, -0.1) is 0 Å². The predicted molar refractivity (Wildman–Crippen MR) is 62.4 cm³/mol. The monoisotopic (exact) mass is 218 g/mol. The normalized spacial score (nSPS) is 10.6. The minimum Gasteiger partial charge on any atom is -0.478 e. The second-order valence-corrected chi connectivity index (χ2v) is 3.47. The number of hydrogen-bond donors (Lipinski definition) is 1. The molecule has 0 amide bonds. The first-order valence-corrected chi connectivity index (χ1v) is 5.17. The molecule has 84 valence electrons. The molecule has 0 spiro atoms. The van der Waals surface area contributed by atoms with Gasteiger partial charge in [0.25, 0.3) is 0 Å². The van der Waals surface area contributed by atoms with E-state index in [0.29, 0.717) is 12.0 Å². The Morgan fingerprint density at radius 2 is 1.88 bits per heavy atom. The van der Waals surface area contributed by atoms with E-state index in [-0.39, 0.29) is 5.78 Å². The average molecular weight is 218 g/mol. The molecule has 0 atom stereocenters. The first kappa shape index (κ1) is 12.2. The zero-order valence-electron chi connectivity index (χ0n) is 9.14. The number of ketones is 1. The molecule has 0 saturated carbocycles. The molecule has 0 bridgehead atoms. The van der Waals surface area contributed by atoms with E-state index >= 15 is 0 Å². The summed E-state index contributed by atoms with van der Waals surface area (Å²) >= 11 is 0. The minimum atomic E-state index is -0.980. The van der Waals surface area contributed by atoms with Gasteiger partial charge in [-0.2, -0.15) is 0 Å². The van der Waals surface area contributed by atoms with Gasteiger partial charge < -0.3 is 5.11 Å². The standard InChI is InChI=1S/C13H14O3/c1-2-3-12(14)11-7-4-10(5-8-11)6-9-13(15)16/h4-9H,2-3H2,1H3,(H,15,16). The number of rotatable bonds is 5. The SMILES string of the molecule is CCCC(=O)c1ccc(C=CC(=O)O)cc1. The Kier molecular flexibility index (Phi) is 4.45. The summed E-state index contributed by atoms with van der Waals surface area (Å²) < 4.78 is 0. The molecule has 0 aliphatic heterocycles. The molecule has 0 aliphatic carbocycles. The van der Waals surface area contributed by atoms with Crippen molar-refractivity contribution in [1.29, 1.82) is 0 Å². The fourth-order valence-electron chi connectivity index (χ4n) is 1.32. The number of carbonyl (C=O) groups excluding carboxylic acids is 1. The molecule has 0 heterocycles. The highest BCUT2D eigenvalue weighted by atomic mass is 16.4. The highest BCUT2D eigenvalue weighted by Gasteiger charge is 2.03. The molecule has 0 unspecified atom stereocenters. The smallest absolute Gasteiger partial charge is 0.328 e. The van der Waals surface area contributed by atoms with Gasteiger partial charge in [0.2, 0.25) is 0 Å². The molecule has 1 aromatic carbocycles. The lowest BCUT2D eigenvalue weighted by Crippen LogP contribution is -1.97. The summed E-state index contributed by atoms with van der Waals surface area (Å²) in [6, 6.07) is 6.92. The van der Waals surface area contributed by atoms with Crippen LogP contribution in [-0.4, -0.2) is 16.9 Å². The summed E-state index contributed by atoms with van der Waals surface area (Å²) in [5.74, 6) is -0.859. The van der Waals surface area contributed by atoms with E-state index in [4.69, 9.17) is 5.11 Å². The van der Waals surface area contributed by atoms with Crippen LogP contribution in [0.15, 0.2) is 30.3 Å². The van der Waals surface area contributed by atoms with Crippen molar-refractivity contribution in [1.82, 2.24) is 0 Å². The van der Waals surface area contributed by atoms with Gasteiger partial charge in [0.15, 0.2) is 5.78 Å². The van der Waals surface area contributed by atoms with Crippen LogP contribution < -0.4 is 0 Å². The van der Waals surface area contributed by atoms with Crippen molar-refractivity contribution < 1.29 is 14.7 Å². The van der Waals surface area contributed by atoms with Crippen LogP contribution in [0, 0.1) is 0 Å². The Labute approximate surface area is 94.4 Å². The Balaban J connectivity index is 2.75.